The molecule has 0 spiro atoms. The molecule has 0 bridgehead atoms. The van der Waals surface area contributed by atoms with Gasteiger partial charge in [-0.25, -0.2) is 9.59 Å². The van der Waals surface area contributed by atoms with Crippen LogP contribution in [0.15, 0.2) is 12.2 Å². The SMILES string of the molecule is CCCCCCCCCCCCCCCOC(=O)/C=C/C(=O)OC1CCCCC1. The summed E-state index contributed by atoms with van der Waals surface area (Å²) in [5.74, 6) is -0.889. The second kappa shape index (κ2) is 18.7. The van der Waals surface area contributed by atoms with E-state index in [-0.39, 0.29) is 6.10 Å². The zero-order valence-electron chi connectivity index (χ0n) is 18.8. The van der Waals surface area contributed by atoms with E-state index in [0.29, 0.717) is 6.61 Å². The Kier molecular flexibility index (Phi) is 16.6. The van der Waals surface area contributed by atoms with E-state index in [1.807, 2.05) is 0 Å². The van der Waals surface area contributed by atoms with Crippen molar-refractivity contribution in [1.29, 1.82) is 0 Å². The summed E-state index contributed by atoms with van der Waals surface area (Å²) >= 11 is 0. The fourth-order valence-electron chi connectivity index (χ4n) is 3.86. The van der Waals surface area contributed by atoms with Crippen LogP contribution in [0.3, 0.4) is 0 Å². The molecule has 1 rings (SSSR count). The molecule has 0 atom stereocenters. The van der Waals surface area contributed by atoms with Crippen molar-refractivity contribution in [3.63, 3.8) is 0 Å². The monoisotopic (exact) mass is 408 g/mol. The van der Waals surface area contributed by atoms with Crippen molar-refractivity contribution >= 4 is 11.9 Å². The van der Waals surface area contributed by atoms with Crippen LogP contribution in [0.4, 0.5) is 0 Å². The lowest BCUT2D eigenvalue weighted by Crippen LogP contribution is -2.19. The summed E-state index contributed by atoms with van der Waals surface area (Å²) in [7, 11) is 0. The summed E-state index contributed by atoms with van der Waals surface area (Å²) < 4.78 is 10.5. The highest BCUT2D eigenvalue weighted by molar-refractivity contribution is 5.91. The number of carbonyl (C=O) groups excluding carboxylic acids is 2. The van der Waals surface area contributed by atoms with Gasteiger partial charge >= 0.3 is 11.9 Å². The molecule has 0 aliphatic heterocycles. The molecular formula is C25H44O4. The van der Waals surface area contributed by atoms with Crippen molar-refractivity contribution in [2.75, 3.05) is 6.61 Å². The number of rotatable bonds is 17. The number of unbranched alkanes of at least 4 members (excludes halogenated alkanes) is 12. The van der Waals surface area contributed by atoms with Crippen LogP contribution in [-0.2, 0) is 19.1 Å². The van der Waals surface area contributed by atoms with Crippen molar-refractivity contribution < 1.29 is 19.1 Å². The highest BCUT2D eigenvalue weighted by Crippen LogP contribution is 2.20. The van der Waals surface area contributed by atoms with Gasteiger partial charge < -0.3 is 9.47 Å². The minimum atomic E-state index is -0.454. The first-order chi connectivity index (χ1) is 14.2. The third kappa shape index (κ3) is 16.2. The number of hydrogen-bond donors (Lipinski definition) is 0. The van der Waals surface area contributed by atoms with Crippen LogP contribution >= 0.6 is 0 Å². The lowest BCUT2D eigenvalue weighted by molar-refractivity contribution is -0.145. The molecular weight excluding hydrogens is 364 g/mol. The quantitative estimate of drug-likeness (QED) is 0.147. The van der Waals surface area contributed by atoms with Crippen LogP contribution in [0.1, 0.15) is 122 Å². The van der Waals surface area contributed by atoms with E-state index in [1.165, 1.54) is 89.2 Å². The Labute approximate surface area is 178 Å². The zero-order chi connectivity index (χ0) is 21.0. The fraction of sp³-hybridized carbons (Fsp3) is 0.840. The van der Waals surface area contributed by atoms with E-state index in [1.54, 1.807) is 0 Å². The molecule has 0 unspecified atom stereocenters. The number of ether oxygens (including phenoxy) is 2. The maximum absolute atomic E-state index is 11.7. The molecule has 0 saturated heterocycles. The van der Waals surface area contributed by atoms with Gasteiger partial charge in [0.25, 0.3) is 0 Å². The molecule has 0 radical (unpaired) electrons. The molecule has 0 aromatic heterocycles. The predicted octanol–water partition coefficient (Wildman–Crippen LogP) is 7.05. The number of hydrogen-bond acceptors (Lipinski definition) is 4. The second-order valence-electron chi connectivity index (χ2n) is 8.44. The molecule has 0 aromatic rings. The van der Waals surface area contributed by atoms with Gasteiger partial charge in [-0.2, -0.15) is 0 Å². The van der Waals surface area contributed by atoms with Crippen molar-refractivity contribution in [2.24, 2.45) is 0 Å². The first-order valence-electron chi connectivity index (χ1n) is 12.3. The first kappa shape index (κ1) is 25.7. The summed E-state index contributed by atoms with van der Waals surface area (Å²) in [6.45, 7) is 2.69. The Bertz CT molecular complexity index is 438. The number of carbonyl (C=O) groups is 2. The molecule has 1 aliphatic rings. The van der Waals surface area contributed by atoms with E-state index < -0.39 is 11.9 Å². The Hall–Kier alpha value is -1.32. The largest absolute Gasteiger partial charge is 0.463 e. The summed E-state index contributed by atoms with van der Waals surface area (Å²) in [6, 6.07) is 0. The first-order valence-corrected chi connectivity index (χ1v) is 12.3. The molecule has 0 heterocycles. The zero-order valence-corrected chi connectivity index (χ0v) is 18.8. The van der Waals surface area contributed by atoms with Gasteiger partial charge in [-0.3, -0.25) is 0 Å². The molecule has 0 aromatic carbocycles. The molecule has 1 fully saturated rings. The van der Waals surface area contributed by atoms with Crippen LogP contribution in [-0.4, -0.2) is 24.6 Å². The van der Waals surface area contributed by atoms with E-state index in [9.17, 15) is 9.59 Å². The van der Waals surface area contributed by atoms with Crippen LogP contribution in [0.25, 0.3) is 0 Å². The molecule has 1 saturated carbocycles. The average molecular weight is 409 g/mol. The van der Waals surface area contributed by atoms with E-state index in [2.05, 4.69) is 6.92 Å². The van der Waals surface area contributed by atoms with Gasteiger partial charge in [0, 0.05) is 12.2 Å². The average Bonchev–Trinajstić information content (AvgIpc) is 2.73. The summed E-state index contributed by atoms with van der Waals surface area (Å²) in [6.07, 6.45) is 24.5. The standard InChI is InChI=1S/C25H44O4/c1-2-3-4-5-6-7-8-9-10-11-12-13-17-22-28-24(26)20-21-25(27)29-23-18-15-14-16-19-23/h20-21,23H,2-19,22H2,1H3/b21-20+. The molecule has 29 heavy (non-hydrogen) atoms. The molecule has 4 nitrogen and oxygen atoms in total. The lowest BCUT2D eigenvalue weighted by Gasteiger charge is -2.20. The predicted molar refractivity (Wildman–Crippen MR) is 119 cm³/mol. The third-order valence-corrected chi connectivity index (χ3v) is 5.68. The van der Waals surface area contributed by atoms with Gasteiger partial charge in [0.15, 0.2) is 0 Å². The minimum absolute atomic E-state index is 0.0164. The third-order valence-electron chi connectivity index (χ3n) is 5.68. The highest BCUT2D eigenvalue weighted by Gasteiger charge is 2.16. The van der Waals surface area contributed by atoms with Crippen molar-refractivity contribution in [3.05, 3.63) is 12.2 Å². The topological polar surface area (TPSA) is 52.6 Å². The Balaban J connectivity index is 1.85. The van der Waals surface area contributed by atoms with Gasteiger partial charge in [-0.05, 0) is 32.1 Å². The minimum Gasteiger partial charge on any atom is -0.463 e. The maximum Gasteiger partial charge on any atom is 0.331 e. The van der Waals surface area contributed by atoms with Gasteiger partial charge in [0.1, 0.15) is 6.10 Å². The van der Waals surface area contributed by atoms with Crippen LogP contribution in [0.5, 0.6) is 0 Å². The molecule has 0 N–H and O–H groups in total. The summed E-state index contributed by atoms with van der Waals surface area (Å²) in [5, 5.41) is 0. The van der Waals surface area contributed by atoms with Crippen LogP contribution in [0.2, 0.25) is 0 Å². The molecule has 0 amide bonds. The molecule has 1 aliphatic carbocycles. The van der Waals surface area contributed by atoms with Gasteiger partial charge in [0.2, 0.25) is 0 Å². The van der Waals surface area contributed by atoms with Crippen LogP contribution < -0.4 is 0 Å². The van der Waals surface area contributed by atoms with Gasteiger partial charge in [-0.1, -0.05) is 90.4 Å². The van der Waals surface area contributed by atoms with Gasteiger partial charge in [0.05, 0.1) is 6.61 Å². The van der Waals surface area contributed by atoms with Crippen LogP contribution in [0, 0.1) is 0 Å². The van der Waals surface area contributed by atoms with E-state index in [0.717, 1.165) is 38.5 Å². The van der Waals surface area contributed by atoms with E-state index in [4.69, 9.17) is 9.47 Å². The van der Waals surface area contributed by atoms with Gasteiger partial charge in [-0.15, -0.1) is 0 Å². The smallest absolute Gasteiger partial charge is 0.331 e. The van der Waals surface area contributed by atoms with Crippen molar-refractivity contribution in [3.8, 4) is 0 Å². The molecule has 168 valence electrons. The Morgan fingerprint density at radius 2 is 1.17 bits per heavy atom. The summed E-state index contributed by atoms with van der Waals surface area (Å²) in [4.78, 5) is 23.3. The lowest BCUT2D eigenvalue weighted by atomic mass is 9.98. The molecule has 4 heteroatoms. The van der Waals surface area contributed by atoms with Crippen molar-refractivity contribution in [1.82, 2.24) is 0 Å². The van der Waals surface area contributed by atoms with E-state index >= 15 is 0 Å². The normalized spacial score (nSPS) is 14.9. The fourth-order valence-corrected chi connectivity index (χ4v) is 3.86. The van der Waals surface area contributed by atoms with Crippen molar-refractivity contribution in [2.45, 2.75) is 129 Å². The second-order valence-corrected chi connectivity index (χ2v) is 8.44. The Morgan fingerprint density at radius 3 is 1.72 bits per heavy atom. The number of esters is 2. The maximum atomic E-state index is 11.7. The Morgan fingerprint density at radius 1 is 0.690 bits per heavy atom. The summed E-state index contributed by atoms with van der Waals surface area (Å²) in [5.41, 5.74) is 0. The highest BCUT2D eigenvalue weighted by atomic mass is 16.5.